The molecule has 0 saturated carbocycles. The van der Waals surface area contributed by atoms with Gasteiger partial charge in [-0.05, 0) is 62.1 Å². The summed E-state index contributed by atoms with van der Waals surface area (Å²) in [5.41, 5.74) is 6.08. The number of hydrogen-bond donors (Lipinski definition) is 2. The number of aryl methyl sites for hydroxylation is 2. The molecule has 2 N–H and O–H groups in total. The van der Waals surface area contributed by atoms with E-state index in [-0.39, 0.29) is 17.9 Å². The third-order valence-electron chi connectivity index (χ3n) is 7.98. The summed E-state index contributed by atoms with van der Waals surface area (Å²) in [6, 6.07) is 14.5. The van der Waals surface area contributed by atoms with Gasteiger partial charge in [-0.25, -0.2) is 4.98 Å². The maximum Gasteiger partial charge on any atom is 0.305 e. The van der Waals surface area contributed by atoms with Gasteiger partial charge in [-0.2, -0.15) is 0 Å². The minimum Gasteiger partial charge on any atom is -0.481 e. The molecule has 0 spiro atoms. The van der Waals surface area contributed by atoms with Gasteiger partial charge in [0.05, 0.1) is 40.7 Å². The molecule has 0 radical (unpaired) electrons. The summed E-state index contributed by atoms with van der Waals surface area (Å²) in [5, 5.41) is 15.8. The van der Waals surface area contributed by atoms with E-state index in [0.29, 0.717) is 65.0 Å². The highest BCUT2D eigenvalue weighted by atomic mass is 35.5. The predicted octanol–water partition coefficient (Wildman–Crippen LogP) is 6.72. The molecular formula is C35H37ClN4O4S. The molecule has 1 fully saturated rings. The van der Waals surface area contributed by atoms with Crippen molar-refractivity contribution in [3.63, 3.8) is 0 Å². The zero-order valence-corrected chi connectivity index (χ0v) is 27.5. The average Bonchev–Trinajstić information content (AvgIpc) is 3.51. The quantitative estimate of drug-likeness (QED) is 0.210. The van der Waals surface area contributed by atoms with Gasteiger partial charge in [0.1, 0.15) is 5.01 Å². The predicted molar refractivity (Wildman–Crippen MR) is 182 cm³/mol. The van der Waals surface area contributed by atoms with Crippen LogP contribution in [0, 0.1) is 0 Å². The average molecular weight is 645 g/mol. The maximum atomic E-state index is 14.7. The summed E-state index contributed by atoms with van der Waals surface area (Å²) in [7, 11) is 0. The number of para-hydroxylation sites is 1. The Balaban J connectivity index is 1.82. The molecule has 45 heavy (non-hydrogen) atoms. The lowest BCUT2D eigenvalue weighted by atomic mass is 9.99. The van der Waals surface area contributed by atoms with Gasteiger partial charge in [-0.3, -0.25) is 19.0 Å². The number of carbonyl (C=O) groups excluding carboxylic acids is 1. The number of carboxylic acid groups (broad SMARTS) is 1. The molecule has 5 rings (SSSR count). The van der Waals surface area contributed by atoms with Gasteiger partial charge in [-0.1, -0.05) is 61.4 Å². The number of pyridine rings is 1. The highest BCUT2D eigenvalue weighted by Gasteiger charge is 2.32. The van der Waals surface area contributed by atoms with E-state index in [1.807, 2.05) is 55.6 Å². The third-order valence-corrected chi connectivity index (χ3v) is 9.11. The number of nitrogens with one attached hydrogen (secondary N) is 1. The second-order valence-electron chi connectivity index (χ2n) is 11.4. The molecule has 4 aromatic rings. The summed E-state index contributed by atoms with van der Waals surface area (Å²) in [6.45, 7) is 9.23. The van der Waals surface area contributed by atoms with Crippen LogP contribution in [0.1, 0.15) is 61.3 Å². The first-order valence-corrected chi connectivity index (χ1v) is 16.4. The van der Waals surface area contributed by atoms with Gasteiger partial charge in [-0.15, -0.1) is 11.3 Å². The number of aromatic nitrogens is 2. The number of amides is 1. The summed E-state index contributed by atoms with van der Waals surface area (Å²) in [5.74, 6) is -1.29. The number of halogens is 1. The van der Waals surface area contributed by atoms with Crippen LogP contribution >= 0.6 is 22.9 Å². The molecule has 10 heteroatoms. The molecule has 2 aromatic heterocycles. The maximum absolute atomic E-state index is 14.7. The van der Waals surface area contributed by atoms with Crippen LogP contribution in [0.5, 0.6) is 0 Å². The molecule has 1 saturated heterocycles. The lowest BCUT2D eigenvalue weighted by Gasteiger charge is -2.36. The number of allylic oxidation sites excluding steroid dienone is 1. The number of thiazole rings is 1. The molecule has 0 bridgehead atoms. The summed E-state index contributed by atoms with van der Waals surface area (Å²) in [6.07, 6.45) is 3.07. The van der Waals surface area contributed by atoms with Crippen molar-refractivity contribution in [2.45, 2.75) is 53.0 Å². The molecule has 3 heterocycles. The molecule has 2 aromatic carbocycles. The van der Waals surface area contributed by atoms with E-state index in [1.165, 1.54) is 11.3 Å². The molecule has 1 unspecified atom stereocenters. The summed E-state index contributed by atoms with van der Waals surface area (Å²) < 4.78 is 1.69. The van der Waals surface area contributed by atoms with Crippen LogP contribution in [0.25, 0.3) is 33.6 Å². The third kappa shape index (κ3) is 6.81. The standard InChI is InChI=1S/C35H37ClN4O4S/c1-5-22-8-7-9-23(6-2)32(22)40-30(16-21(3)4)27(34(43)39-15-14-37-19-26(39)17-31(41)42)18-28(35(40)44)33-38-29(20-45-33)24-10-12-25(36)13-11-24/h7-13,16,18,20,26,37H,5-6,14-15,17,19H2,1-4H3,(H,41,42). The lowest BCUT2D eigenvalue weighted by molar-refractivity contribution is -0.138. The number of carboxylic acids is 1. The Morgan fingerprint density at radius 3 is 2.42 bits per heavy atom. The van der Waals surface area contributed by atoms with E-state index in [2.05, 4.69) is 19.2 Å². The van der Waals surface area contributed by atoms with Gasteiger partial charge in [0.25, 0.3) is 11.5 Å². The fourth-order valence-electron chi connectivity index (χ4n) is 5.81. The molecular weight excluding hydrogens is 608 g/mol. The van der Waals surface area contributed by atoms with E-state index in [4.69, 9.17) is 16.6 Å². The second-order valence-corrected chi connectivity index (χ2v) is 12.6. The SMILES string of the molecule is CCc1cccc(CC)c1-n1c(C=C(C)C)c(C(=O)N2CCNCC2CC(=O)O)cc(-c2nc(-c3ccc(Cl)cc3)cs2)c1=O. The van der Waals surface area contributed by atoms with Crippen LogP contribution in [-0.2, 0) is 17.6 Å². The summed E-state index contributed by atoms with van der Waals surface area (Å²) in [4.78, 5) is 47.5. The molecule has 1 aliphatic rings. The largest absolute Gasteiger partial charge is 0.481 e. The Morgan fingerprint density at radius 2 is 1.80 bits per heavy atom. The Labute approximate surface area is 272 Å². The Hall–Kier alpha value is -4.05. The van der Waals surface area contributed by atoms with Crippen molar-refractivity contribution >= 4 is 40.9 Å². The number of nitrogens with zero attached hydrogens (tertiary/aromatic N) is 3. The number of benzene rings is 2. The van der Waals surface area contributed by atoms with Crippen molar-refractivity contribution in [3.8, 4) is 27.5 Å². The first kappa shape index (κ1) is 32.3. The van der Waals surface area contributed by atoms with Crippen molar-refractivity contribution in [1.82, 2.24) is 19.8 Å². The van der Waals surface area contributed by atoms with Crippen LogP contribution in [0.15, 0.2) is 64.3 Å². The molecule has 0 aliphatic carbocycles. The Morgan fingerprint density at radius 1 is 1.11 bits per heavy atom. The molecule has 1 amide bonds. The summed E-state index contributed by atoms with van der Waals surface area (Å²) >= 11 is 7.45. The minimum absolute atomic E-state index is 0.182. The van der Waals surface area contributed by atoms with Crippen molar-refractivity contribution in [1.29, 1.82) is 0 Å². The molecule has 1 aliphatic heterocycles. The van der Waals surface area contributed by atoms with E-state index in [0.717, 1.165) is 28.0 Å². The fraction of sp³-hybridized carbons (Fsp3) is 0.314. The first-order chi connectivity index (χ1) is 21.6. The van der Waals surface area contributed by atoms with Crippen LogP contribution < -0.4 is 10.9 Å². The van der Waals surface area contributed by atoms with E-state index >= 15 is 0 Å². The highest BCUT2D eigenvalue weighted by Crippen LogP contribution is 2.32. The Kier molecular flexibility index (Phi) is 10.0. The van der Waals surface area contributed by atoms with Crippen molar-refractivity contribution in [3.05, 3.63) is 97.2 Å². The van der Waals surface area contributed by atoms with Crippen LogP contribution in [0.2, 0.25) is 5.02 Å². The lowest BCUT2D eigenvalue weighted by Crippen LogP contribution is -2.54. The number of rotatable bonds is 9. The van der Waals surface area contributed by atoms with E-state index < -0.39 is 12.0 Å². The van der Waals surface area contributed by atoms with Gasteiger partial charge in [0, 0.05) is 35.6 Å². The van der Waals surface area contributed by atoms with E-state index in [9.17, 15) is 19.5 Å². The second kappa shape index (κ2) is 13.9. The van der Waals surface area contributed by atoms with Gasteiger partial charge >= 0.3 is 5.97 Å². The number of carbonyl (C=O) groups is 2. The van der Waals surface area contributed by atoms with Crippen LogP contribution in [0.3, 0.4) is 0 Å². The Bertz CT molecular complexity index is 1800. The highest BCUT2D eigenvalue weighted by molar-refractivity contribution is 7.13. The number of hydrogen-bond acceptors (Lipinski definition) is 6. The van der Waals surface area contributed by atoms with Crippen molar-refractivity contribution < 1.29 is 14.7 Å². The van der Waals surface area contributed by atoms with Gasteiger partial charge < -0.3 is 15.3 Å². The molecule has 1 atom stereocenters. The molecule has 234 valence electrons. The zero-order chi connectivity index (χ0) is 32.2. The van der Waals surface area contributed by atoms with Gasteiger partial charge in [0.15, 0.2) is 0 Å². The molecule has 8 nitrogen and oxygen atoms in total. The van der Waals surface area contributed by atoms with E-state index in [1.54, 1.807) is 27.7 Å². The normalized spacial score (nSPS) is 14.8. The van der Waals surface area contributed by atoms with Crippen molar-refractivity contribution in [2.24, 2.45) is 0 Å². The topological polar surface area (TPSA) is 105 Å². The monoisotopic (exact) mass is 644 g/mol. The zero-order valence-electron chi connectivity index (χ0n) is 25.9. The first-order valence-electron chi connectivity index (χ1n) is 15.1. The van der Waals surface area contributed by atoms with Crippen molar-refractivity contribution in [2.75, 3.05) is 19.6 Å². The minimum atomic E-state index is -0.973. The smallest absolute Gasteiger partial charge is 0.305 e. The van der Waals surface area contributed by atoms with Gasteiger partial charge in [0.2, 0.25) is 0 Å². The fourth-order valence-corrected chi connectivity index (χ4v) is 6.77. The van der Waals surface area contributed by atoms with Crippen LogP contribution in [0.4, 0.5) is 0 Å². The number of aliphatic carboxylic acids is 1. The van der Waals surface area contributed by atoms with Crippen LogP contribution in [-0.4, -0.2) is 57.1 Å². The number of piperazine rings is 1.